The predicted molar refractivity (Wildman–Crippen MR) is 127 cm³/mol. The lowest BCUT2D eigenvalue weighted by molar-refractivity contribution is -0.129. The maximum absolute atomic E-state index is 14.3. The van der Waals surface area contributed by atoms with Gasteiger partial charge in [-0.05, 0) is 38.2 Å². The van der Waals surface area contributed by atoms with Crippen molar-refractivity contribution < 1.29 is 23.5 Å². The standard InChI is InChI=1S/C25H31FN6O4/c1-35-22-8-18(19(26)11-27-22)20-9-21(30-29-20)24(34)32-6-2-15(10-25(32)4-5-25)23(33)28-16-12-31(13-16)17-3-7-36-14-17/h8-9,11,15-17H,2-7,10,12-14H2,1H3,(H,28,33)(H,29,30). The third-order valence-electron chi connectivity index (χ3n) is 8.15. The van der Waals surface area contributed by atoms with Crippen molar-refractivity contribution in [1.29, 1.82) is 0 Å². The fourth-order valence-electron chi connectivity index (χ4n) is 5.83. The number of pyridine rings is 1. The van der Waals surface area contributed by atoms with Crippen LogP contribution in [0.4, 0.5) is 4.39 Å². The summed E-state index contributed by atoms with van der Waals surface area (Å²) in [6.07, 6.45) is 5.22. The Bertz CT molecular complexity index is 1160. The van der Waals surface area contributed by atoms with E-state index in [4.69, 9.17) is 9.47 Å². The van der Waals surface area contributed by atoms with E-state index in [0.29, 0.717) is 36.8 Å². The van der Waals surface area contributed by atoms with Crippen LogP contribution in [0.1, 0.15) is 42.6 Å². The van der Waals surface area contributed by atoms with E-state index in [1.54, 1.807) is 6.07 Å². The Hall–Kier alpha value is -3.05. The normalized spacial score (nSPS) is 25.6. The molecule has 0 radical (unpaired) electrons. The van der Waals surface area contributed by atoms with E-state index in [9.17, 15) is 14.0 Å². The van der Waals surface area contributed by atoms with Crippen molar-refractivity contribution in [2.45, 2.75) is 49.7 Å². The van der Waals surface area contributed by atoms with E-state index in [1.165, 1.54) is 13.2 Å². The second-order valence-electron chi connectivity index (χ2n) is 10.4. The van der Waals surface area contributed by atoms with E-state index in [0.717, 1.165) is 51.8 Å². The Labute approximate surface area is 208 Å². The van der Waals surface area contributed by atoms with Gasteiger partial charge >= 0.3 is 0 Å². The summed E-state index contributed by atoms with van der Waals surface area (Å²) in [5, 5.41) is 10.2. The highest BCUT2D eigenvalue weighted by Crippen LogP contribution is 2.50. The number of rotatable bonds is 6. The number of aromatic nitrogens is 3. The van der Waals surface area contributed by atoms with E-state index in [1.807, 2.05) is 4.90 Å². The van der Waals surface area contributed by atoms with Crippen LogP contribution in [-0.4, -0.2) is 94.4 Å². The van der Waals surface area contributed by atoms with Crippen molar-refractivity contribution in [3.05, 3.63) is 29.8 Å². The van der Waals surface area contributed by atoms with Gasteiger partial charge in [0.1, 0.15) is 5.69 Å². The van der Waals surface area contributed by atoms with Crippen LogP contribution in [0.15, 0.2) is 18.3 Å². The summed E-state index contributed by atoms with van der Waals surface area (Å²) in [7, 11) is 1.45. The molecule has 6 rings (SSSR count). The molecule has 1 spiro atoms. The molecule has 10 nitrogen and oxygen atoms in total. The minimum Gasteiger partial charge on any atom is -0.481 e. The quantitative estimate of drug-likeness (QED) is 0.622. The summed E-state index contributed by atoms with van der Waals surface area (Å²) < 4.78 is 24.9. The number of nitrogens with one attached hydrogen (secondary N) is 2. The highest BCUT2D eigenvalue weighted by atomic mass is 19.1. The van der Waals surface area contributed by atoms with E-state index in [2.05, 4.69) is 25.4 Å². The van der Waals surface area contributed by atoms with Crippen molar-refractivity contribution >= 4 is 11.8 Å². The number of halogens is 1. The lowest BCUT2D eigenvalue weighted by atomic mass is 9.87. The first kappa shape index (κ1) is 23.4. The van der Waals surface area contributed by atoms with E-state index in [-0.39, 0.29) is 40.8 Å². The van der Waals surface area contributed by atoms with Crippen LogP contribution in [0.3, 0.4) is 0 Å². The largest absolute Gasteiger partial charge is 0.481 e. The topological polar surface area (TPSA) is 113 Å². The number of methoxy groups -OCH3 is 1. The van der Waals surface area contributed by atoms with Gasteiger partial charge < -0.3 is 19.7 Å². The maximum atomic E-state index is 14.3. The minimum atomic E-state index is -0.544. The SMILES string of the molecule is COc1cc(-c2cc(C(=O)N3CCC(C(=O)NC4CN(C5CCOC5)C4)CC34CC4)[nH]n2)c(F)cn1. The summed E-state index contributed by atoms with van der Waals surface area (Å²) in [5.74, 6) is -0.428. The van der Waals surface area contributed by atoms with Crippen molar-refractivity contribution in [1.82, 2.24) is 30.3 Å². The third-order valence-corrected chi connectivity index (χ3v) is 8.15. The number of carbonyl (C=O) groups is 2. The molecule has 2 amide bonds. The van der Waals surface area contributed by atoms with Gasteiger partial charge in [-0.1, -0.05) is 0 Å². The number of ether oxygens (including phenoxy) is 2. The number of carbonyl (C=O) groups excluding carboxylic acids is 2. The molecule has 2 N–H and O–H groups in total. The smallest absolute Gasteiger partial charge is 0.272 e. The first-order valence-corrected chi connectivity index (χ1v) is 12.7. The van der Waals surface area contributed by atoms with Gasteiger partial charge in [0.15, 0.2) is 5.82 Å². The monoisotopic (exact) mass is 498 g/mol. The molecular formula is C25H31FN6O4. The van der Waals surface area contributed by atoms with Crippen LogP contribution in [-0.2, 0) is 9.53 Å². The Morgan fingerprint density at radius 2 is 2.11 bits per heavy atom. The zero-order valence-electron chi connectivity index (χ0n) is 20.3. The zero-order chi connectivity index (χ0) is 24.9. The third kappa shape index (κ3) is 4.24. The molecule has 2 aromatic heterocycles. The Morgan fingerprint density at radius 3 is 2.83 bits per heavy atom. The van der Waals surface area contributed by atoms with Gasteiger partial charge in [-0.15, -0.1) is 0 Å². The molecular weight excluding hydrogens is 467 g/mol. The summed E-state index contributed by atoms with van der Waals surface area (Å²) >= 11 is 0. The number of hydrogen-bond acceptors (Lipinski definition) is 7. The van der Waals surface area contributed by atoms with Gasteiger partial charge in [0.2, 0.25) is 11.8 Å². The maximum Gasteiger partial charge on any atom is 0.272 e. The molecule has 0 aromatic carbocycles. The molecule has 192 valence electrons. The molecule has 2 atom stereocenters. The lowest BCUT2D eigenvalue weighted by Crippen LogP contribution is -2.63. The van der Waals surface area contributed by atoms with Crippen molar-refractivity contribution in [2.75, 3.05) is 40.0 Å². The lowest BCUT2D eigenvalue weighted by Gasteiger charge is -2.44. The number of likely N-dealkylation sites (tertiary alicyclic amines) is 2. The summed E-state index contributed by atoms with van der Waals surface area (Å²) in [6.45, 7) is 3.90. The van der Waals surface area contributed by atoms with Crippen LogP contribution in [0, 0.1) is 11.7 Å². The molecule has 0 bridgehead atoms. The zero-order valence-corrected chi connectivity index (χ0v) is 20.3. The minimum absolute atomic E-state index is 0.0869. The van der Waals surface area contributed by atoms with Crippen LogP contribution in [0.5, 0.6) is 5.88 Å². The fourth-order valence-corrected chi connectivity index (χ4v) is 5.83. The van der Waals surface area contributed by atoms with Crippen molar-refractivity contribution in [3.63, 3.8) is 0 Å². The first-order chi connectivity index (χ1) is 17.5. The molecule has 5 heterocycles. The number of aromatic amines is 1. The Kier molecular flexibility index (Phi) is 5.91. The van der Waals surface area contributed by atoms with Gasteiger partial charge in [0.25, 0.3) is 5.91 Å². The molecule has 3 saturated heterocycles. The van der Waals surface area contributed by atoms with E-state index < -0.39 is 5.82 Å². The average Bonchev–Trinajstić information content (AvgIpc) is 3.26. The molecule has 2 unspecified atom stereocenters. The number of piperidine rings is 1. The molecule has 1 saturated carbocycles. The number of hydrogen-bond donors (Lipinski definition) is 2. The van der Waals surface area contributed by atoms with Crippen molar-refractivity contribution in [2.24, 2.45) is 5.92 Å². The van der Waals surface area contributed by atoms with Gasteiger partial charge in [0.05, 0.1) is 31.6 Å². The summed E-state index contributed by atoms with van der Waals surface area (Å²) in [4.78, 5) is 34.5. The first-order valence-electron chi connectivity index (χ1n) is 12.7. The van der Waals surface area contributed by atoms with Gasteiger partial charge in [-0.2, -0.15) is 5.10 Å². The van der Waals surface area contributed by atoms with Gasteiger partial charge in [-0.3, -0.25) is 19.6 Å². The summed E-state index contributed by atoms with van der Waals surface area (Å²) in [6, 6.07) is 3.70. The summed E-state index contributed by atoms with van der Waals surface area (Å²) in [5.41, 5.74) is 0.554. The second-order valence-corrected chi connectivity index (χ2v) is 10.4. The molecule has 1 aliphatic carbocycles. The van der Waals surface area contributed by atoms with E-state index >= 15 is 0 Å². The molecule has 3 aliphatic heterocycles. The molecule has 2 aromatic rings. The van der Waals surface area contributed by atoms with Crippen molar-refractivity contribution in [3.8, 4) is 17.1 Å². The highest BCUT2D eigenvalue weighted by molar-refractivity contribution is 5.94. The molecule has 36 heavy (non-hydrogen) atoms. The van der Waals surface area contributed by atoms with Gasteiger partial charge in [0, 0.05) is 55.4 Å². The van der Waals surface area contributed by atoms with Gasteiger partial charge in [-0.25, -0.2) is 9.37 Å². The Morgan fingerprint density at radius 1 is 1.28 bits per heavy atom. The number of nitrogens with zero attached hydrogens (tertiary/aromatic N) is 4. The van der Waals surface area contributed by atoms with Crippen LogP contribution in [0.25, 0.3) is 11.3 Å². The number of H-pyrrole nitrogens is 1. The molecule has 11 heteroatoms. The number of amides is 2. The molecule has 4 fully saturated rings. The fraction of sp³-hybridized carbons (Fsp3) is 0.600. The van der Waals surface area contributed by atoms with Crippen LogP contribution in [0.2, 0.25) is 0 Å². The highest BCUT2D eigenvalue weighted by Gasteiger charge is 2.55. The second kappa shape index (κ2) is 9.11. The molecule has 4 aliphatic rings. The average molecular weight is 499 g/mol. The van der Waals surface area contributed by atoms with Crippen LogP contribution < -0.4 is 10.1 Å². The predicted octanol–water partition coefficient (Wildman–Crippen LogP) is 1.59. The van der Waals surface area contributed by atoms with Crippen LogP contribution >= 0.6 is 0 Å². The Balaban J connectivity index is 1.07.